The van der Waals surface area contributed by atoms with E-state index in [9.17, 15) is 0 Å². The van der Waals surface area contributed by atoms with E-state index >= 15 is 0 Å². The predicted molar refractivity (Wildman–Crippen MR) is 72.6 cm³/mol. The average Bonchev–Trinajstić information content (AvgIpc) is 2.90. The Kier molecular flexibility index (Phi) is 4.93. The molecule has 1 aromatic rings. The normalized spacial score (nSPS) is 27.6. The molecule has 0 amide bonds. The van der Waals surface area contributed by atoms with Gasteiger partial charge in [-0.25, -0.2) is 0 Å². The lowest BCUT2D eigenvalue weighted by Gasteiger charge is -2.35. The average molecular weight is 267 g/mol. The predicted octanol–water partition coefficient (Wildman–Crippen LogP) is 2.40. The third kappa shape index (κ3) is 3.34. The summed E-state index contributed by atoms with van der Waals surface area (Å²) in [6, 6.07) is 0. The summed E-state index contributed by atoms with van der Waals surface area (Å²) < 4.78 is 10.9. The second-order valence-corrected chi connectivity index (χ2v) is 5.74. The van der Waals surface area contributed by atoms with Crippen molar-refractivity contribution in [3.8, 4) is 0 Å². The molecule has 108 valence electrons. The highest BCUT2D eigenvalue weighted by molar-refractivity contribution is 5.08. The molecule has 19 heavy (non-hydrogen) atoms. The molecule has 0 aliphatic heterocycles. The maximum atomic E-state index is 5.99. The molecule has 1 saturated carbocycles. The molecule has 0 unspecified atom stereocenters. The van der Waals surface area contributed by atoms with E-state index in [2.05, 4.69) is 24.0 Å². The standard InChI is InChI=1S/C14H25N3O2/c1-3-8-18-9-12-16-13(19-17-12)14(10-15)6-4-11(2)5-7-14/h11H,3-10,15H2,1-2H3. The third-order valence-corrected chi connectivity index (χ3v) is 4.12. The van der Waals surface area contributed by atoms with Crippen molar-refractivity contribution in [3.05, 3.63) is 11.7 Å². The van der Waals surface area contributed by atoms with Crippen LogP contribution in [-0.4, -0.2) is 23.3 Å². The van der Waals surface area contributed by atoms with Gasteiger partial charge < -0.3 is 15.0 Å². The van der Waals surface area contributed by atoms with Crippen LogP contribution in [0.2, 0.25) is 0 Å². The summed E-state index contributed by atoms with van der Waals surface area (Å²) in [6.45, 7) is 6.10. The Hall–Kier alpha value is -0.940. The quantitative estimate of drug-likeness (QED) is 0.801. The smallest absolute Gasteiger partial charge is 0.234 e. The third-order valence-electron chi connectivity index (χ3n) is 4.12. The van der Waals surface area contributed by atoms with Crippen molar-refractivity contribution in [3.63, 3.8) is 0 Å². The summed E-state index contributed by atoms with van der Waals surface area (Å²) in [5, 5.41) is 4.01. The summed E-state index contributed by atoms with van der Waals surface area (Å²) in [6.07, 6.45) is 5.45. The van der Waals surface area contributed by atoms with E-state index in [4.69, 9.17) is 15.0 Å². The fourth-order valence-corrected chi connectivity index (χ4v) is 2.66. The molecule has 2 N–H and O–H groups in total. The van der Waals surface area contributed by atoms with Crippen LogP contribution in [0.15, 0.2) is 4.52 Å². The van der Waals surface area contributed by atoms with Crippen LogP contribution in [0, 0.1) is 5.92 Å². The van der Waals surface area contributed by atoms with E-state index in [1.165, 1.54) is 12.8 Å². The molecule has 5 nitrogen and oxygen atoms in total. The van der Waals surface area contributed by atoms with Crippen molar-refractivity contribution < 1.29 is 9.26 Å². The summed E-state index contributed by atoms with van der Waals surface area (Å²) in [5.74, 6) is 2.11. The first-order valence-electron chi connectivity index (χ1n) is 7.31. The van der Waals surface area contributed by atoms with Crippen LogP contribution in [0.1, 0.15) is 57.7 Å². The van der Waals surface area contributed by atoms with Crippen LogP contribution < -0.4 is 5.73 Å². The summed E-state index contributed by atoms with van der Waals surface area (Å²) in [5.41, 5.74) is 5.88. The van der Waals surface area contributed by atoms with Crippen LogP contribution >= 0.6 is 0 Å². The van der Waals surface area contributed by atoms with Crippen LogP contribution in [0.5, 0.6) is 0 Å². The van der Waals surface area contributed by atoms with E-state index in [1.54, 1.807) is 0 Å². The molecule has 0 bridgehead atoms. The van der Waals surface area contributed by atoms with Gasteiger partial charge in [0.1, 0.15) is 6.61 Å². The van der Waals surface area contributed by atoms with Crippen LogP contribution in [0.25, 0.3) is 0 Å². The zero-order chi connectivity index (χ0) is 13.7. The Morgan fingerprint density at radius 3 is 2.79 bits per heavy atom. The number of aromatic nitrogens is 2. The minimum atomic E-state index is -0.109. The Balaban J connectivity index is 2.02. The van der Waals surface area contributed by atoms with E-state index in [1.807, 2.05) is 0 Å². The molecule has 0 radical (unpaired) electrons. The molecule has 1 fully saturated rings. The molecule has 0 aromatic carbocycles. The molecular weight excluding hydrogens is 242 g/mol. The van der Waals surface area contributed by atoms with Crippen molar-refractivity contribution in [1.29, 1.82) is 0 Å². The number of rotatable bonds is 6. The van der Waals surface area contributed by atoms with Gasteiger partial charge in [0.25, 0.3) is 0 Å². The van der Waals surface area contributed by atoms with Gasteiger partial charge in [-0.15, -0.1) is 0 Å². The van der Waals surface area contributed by atoms with Gasteiger partial charge in [-0.05, 0) is 38.0 Å². The van der Waals surface area contributed by atoms with Gasteiger partial charge in [-0.3, -0.25) is 0 Å². The Morgan fingerprint density at radius 1 is 1.42 bits per heavy atom. The van der Waals surface area contributed by atoms with Gasteiger partial charge >= 0.3 is 0 Å². The van der Waals surface area contributed by atoms with Crippen LogP contribution in [-0.2, 0) is 16.8 Å². The molecule has 0 spiro atoms. The topological polar surface area (TPSA) is 74.2 Å². The highest BCUT2D eigenvalue weighted by atomic mass is 16.5. The monoisotopic (exact) mass is 267 g/mol. The number of nitrogens with two attached hydrogens (primary N) is 1. The molecular formula is C14H25N3O2. The first-order chi connectivity index (χ1) is 9.20. The van der Waals surface area contributed by atoms with Crippen molar-refractivity contribution in [2.75, 3.05) is 13.2 Å². The fourth-order valence-electron chi connectivity index (χ4n) is 2.66. The van der Waals surface area contributed by atoms with E-state index < -0.39 is 0 Å². The minimum Gasteiger partial charge on any atom is -0.373 e. The molecule has 2 rings (SSSR count). The van der Waals surface area contributed by atoms with E-state index in [0.29, 0.717) is 24.9 Å². The molecule has 1 aromatic heterocycles. The zero-order valence-electron chi connectivity index (χ0n) is 12.0. The first-order valence-corrected chi connectivity index (χ1v) is 7.31. The molecule has 1 aliphatic carbocycles. The van der Waals surface area contributed by atoms with Crippen molar-refractivity contribution in [2.45, 2.75) is 58.0 Å². The van der Waals surface area contributed by atoms with Gasteiger partial charge in [0.05, 0.1) is 5.41 Å². The molecule has 0 atom stereocenters. The Labute approximate surface area is 114 Å². The largest absolute Gasteiger partial charge is 0.373 e. The summed E-state index contributed by atoms with van der Waals surface area (Å²) in [7, 11) is 0. The number of ether oxygens (including phenoxy) is 1. The van der Waals surface area contributed by atoms with Gasteiger partial charge in [0, 0.05) is 13.2 Å². The highest BCUT2D eigenvalue weighted by Crippen LogP contribution is 2.39. The molecule has 1 aliphatic rings. The lowest BCUT2D eigenvalue weighted by Crippen LogP contribution is -2.39. The summed E-state index contributed by atoms with van der Waals surface area (Å²) in [4.78, 5) is 4.49. The zero-order valence-corrected chi connectivity index (χ0v) is 12.0. The number of hydrogen-bond acceptors (Lipinski definition) is 5. The SMILES string of the molecule is CCCOCc1noc(C2(CN)CCC(C)CC2)n1. The lowest BCUT2D eigenvalue weighted by molar-refractivity contribution is 0.114. The van der Waals surface area contributed by atoms with Gasteiger partial charge in [-0.2, -0.15) is 4.98 Å². The van der Waals surface area contributed by atoms with E-state index in [0.717, 1.165) is 31.8 Å². The first kappa shape index (κ1) is 14.5. The Bertz CT molecular complexity index is 384. The van der Waals surface area contributed by atoms with Crippen LogP contribution in [0.3, 0.4) is 0 Å². The van der Waals surface area contributed by atoms with E-state index in [-0.39, 0.29) is 5.41 Å². The molecule has 1 heterocycles. The number of nitrogens with zero attached hydrogens (tertiary/aromatic N) is 2. The van der Waals surface area contributed by atoms with Crippen molar-refractivity contribution >= 4 is 0 Å². The summed E-state index contributed by atoms with van der Waals surface area (Å²) >= 11 is 0. The fraction of sp³-hybridized carbons (Fsp3) is 0.857. The molecule has 0 saturated heterocycles. The minimum absolute atomic E-state index is 0.109. The van der Waals surface area contributed by atoms with Gasteiger partial charge in [0.15, 0.2) is 5.82 Å². The second-order valence-electron chi connectivity index (χ2n) is 5.74. The number of hydrogen-bond donors (Lipinski definition) is 1. The second kappa shape index (κ2) is 6.48. The Morgan fingerprint density at radius 2 is 2.16 bits per heavy atom. The highest BCUT2D eigenvalue weighted by Gasteiger charge is 2.39. The van der Waals surface area contributed by atoms with Crippen molar-refractivity contribution in [2.24, 2.45) is 11.7 Å². The van der Waals surface area contributed by atoms with Gasteiger partial charge in [0.2, 0.25) is 5.89 Å². The molecule has 5 heteroatoms. The lowest BCUT2D eigenvalue weighted by atomic mass is 9.71. The maximum Gasteiger partial charge on any atom is 0.234 e. The van der Waals surface area contributed by atoms with Crippen molar-refractivity contribution in [1.82, 2.24) is 10.1 Å². The maximum absolute atomic E-state index is 5.99. The van der Waals surface area contributed by atoms with Gasteiger partial charge in [-0.1, -0.05) is 19.0 Å². The van der Waals surface area contributed by atoms with Crippen LogP contribution in [0.4, 0.5) is 0 Å².